The van der Waals surface area contributed by atoms with Gasteiger partial charge < -0.3 is 30.0 Å². The summed E-state index contributed by atoms with van der Waals surface area (Å²) in [5.41, 5.74) is 3.43. The molecule has 2 aliphatic heterocycles. The van der Waals surface area contributed by atoms with Crippen LogP contribution in [-0.2, 0) is 4.74 Å². The van der Waals surface area contributed by atoms with Crippen LogP contribution in [0.15, 0.2) is 42.7 Å². The summed E-state index contributed by atoms with van der Waals surface area (Å²) in [7, 11) is 1.76. The van der Waals surface area contributed by atoms with Gasteiger partial charge in [-0.3, -0.25) is 9.97 Å². The first-order chi connectivity index (χ1) is 17.7. The minimum absolute atomic E-state index is 0.0544. The highest BCUT2D eigenvalue weighted by Gasteiger charge is 2.37. The number of ether oxygens (including phenoxy) is 2. The molecule has 2 fully saturated rings. The van der Waals surface area contributed by atoms with Crippen molar-refractivity contribution in [3.05, 3.63) is 48.5 Å². The maximum atomic E-state index is 14.6. The second-order valence-corrected chi connectivity index (χ2v) is 8.99. The Labute approximate surface area is 204 Å². The third-order valence-corrected chi connectivity index (χ3v) is 6.80. The van der Waals surface area contributed by atoms with E-state index in [1.165, 1.54) is 12.1 Å². The van der Waals surface area contributed by atoms with Gasteiger partial charge in [0, 0.05) is 44.3 Å². The van der Waals surface area contributed by atoms with Gasteiger partial charge in [0.1, 0.15) is 17.3 Å². The maximum Gasteiger partial charge on any atom is 0.326 e. The lowest BCUT2D eigenvalue weighted by Gasteiger charge is -2.25. The number of aromatic amines is 1. The van der Waals surface area contributed by atoms with Crippen LogP contribution in [0.1, 0.15) is 0 Å². The molecule has 0 amide bonds. The smallest absolute Gasteiger partial charge is 0.326 e. The fourth-order valence-corrected chi connectivity index (χ4v) is 5.16. The Hall–Kier alpha value is -4.09. The third-order valence-electron chi connectivity index (χ3n) is 6.80. The van der Waals surface area contributed by atoms with E-state index in [9.17, 15) is 4.39 Å². The molecule has 2 aliphatic rings. The van der Waals surface area contributed by atoms with Crippen LogP contribution in [-0.4, -0.2) is 70.4 Å². The predicted octanol–water partition coefficient (Wildman–Crippen LogP) is 3.20. The van der Waals surface area contributed by atoms with Crippen LogP contribution in [0.5, 0.6) is 11.8 Å². The summed E-state index contributed by atoms with van der Waals surface area (Å²) in [6, 6.07) is 8.85. The summed E-state index contributed by atoms with van der Waals surface area (Å²) < 4.78 is 26.6. The number of fused-ring (bicyclic) bond motifs is 5. The van der Waals surface area contributed by atoms with Crippen LogP contribution in [0.2, 0.25) is 0 Å². The van der Waals surface area contributed by atoms with Gasteiger partial charge in [0.2, 0.25) is 0 Å². The molecule has 2 saturated heterocycles. The van der Waals surface area contributed by atoms with Crippen LogP contribution in [0.3, 0.4) is 0 Å². The van der Waals surface area contributed by atoms with E-state index in [0.717, 1.165) is 23.0 Å². The summed E-state index contributed by atoms with van der Waals surface area (Å²) in [5, 5.41) is 8.03. The van der Waals surface area contributed by atoms with Crippen LogP contribution >= 0.6 is 0 Å². The summed E-state index contributed by atoms with van der Waals surface area (Å²) in [5.74, 6) is 0.805. The molecular formula is C25H23FN8O2. The molecule has 2 atom stereocenters. The van der Waals surface area contributed by atoms with Crippen molar-refractivity contribution < 1.29 is 13.9 Å². The summed E-state index contributed by atoms with van der Waals surface area (Å²) in [6.07, 6.45) is 3.39. The molecule has 36 heavy (non-hydrogen) atoms. The van der Waals surface area contributed by atoms with Crippen LogP contribution in [0.25, 0.3) is 33.0 Å². The molecule has 1 aromatic carbocycles. The van der Waals surface area contributed by atoms with E-state index < -0.39 is 0 Å². The Bertz CT molecular complexity index is 1610. The highest BCUT2D eigenvalue weighted by Crippen LogP contribution is 2.38. The molecule has 0 aliphatic carbocycles. The molecule has 5 aromatic rings. The molecule has 4 aromatic heterocycles. The van der Waals surface area contributed by atoms with Gasteiger partial charge >= 0.3 is 6.01 Å². The SMILES string of the molecule is CNc1cc(F)cc2c1[nH]c1nc(Oc3cnc4cccnc4c3)nc(N3CC4OCCN[C@H]4C3)c12. The monoisotopic (exact) mass is 486 g/mol. The van der Waals surface area contributed by atoms with Crippen molar-refractivity contribution in [1.29, 1.82) is 0 Å². The van der Waals surface area contributed by atoms with Gasteiger partial charge in [-0.15, -0.1) is 0 Å². The van der Waals surface area contributed by atoms with Crippen LogP contribution in [0, 0.1) is 5.82 Å². The number of aromatic nitrogens is 5. The average molecular weight is 487 g/mol. The molecule has 0 saturated carbocycles. The Morgan fingerprint density at radius 1 is 1.17 bits per heavy atom. The number of pyridine rings is 2. The topological polar surface area (TPSA) is 113 Å². The lowest BCUT2D eigenvalue weighted by Crippen LogP contribution is -2.47. The van der Waals surface area contributed by atoms with Crippen molar-refractivity contribution in [2.45, 2.75) is 12.1 Å². The second-order valence-electron chi connectivity index (χ2n) is 8.99. The van der Waals surface area contributed by atoms with Crippen LogP contribution < -0.4 is 20.3 Å². The number of nitrogens with zero attached hydrogens (tertiary/aromatic N) is 5. The van der Waals surface area contributed by atoms with Gasteiger partial charge in [0.15, 0.2) is 5.75 Å². The lowest BCUT2D eigenvalue weighted by atomic mass is 10.1. The summed E-state index contributed by atoms with van der Waals surface area (Å²) in [6.45, 7) is 2.86. The van der Waals surface area contributed by atoms with E-state index in [2.05, 4.69) is 35.5 Å². The second kappa shape index (κ2) is 8.25. The number of benzene rings is 1. The lowest BCUT2D eigenvalue weighted by molar-refractivity contribution is 0.0212. The van der Waals surface area contributed by atoms with Crippen molar-refractivity contribution >= 4 is 44.5 Å². The molecule has 7 rings (SSSR count). The van der Waals surface area contributed by atoms with Crippen molar-refractivity contribution in [3.63, 3.8) is 0 Å². The summed E-state index contributed by atoms with van der Waals surface area (Å²) in [4.78, 5) is 23.7. The normalized spacial score (nSPS) is 19.8. The number of nitrogens with one attached hydrogen (secondary N) is 3. The van der Waals surface area contributed by atoms with Crippen molar-refractivity contribution in [2.75, 3.05) is 43.5 Å². The number of morpholine rings is 1. The van der Waals surface area contributed by atoms with E-state index in [1.54, 1.807) is 25.5 Å². The zero-order chi connectivity index (χ0) is 24.2. The highest BCUT2D eigenvalue weighted by molar-refractivity contribution is 6.14. The minimum atomic E-state index is -0.339. The molecule has 11 heteroatoms. The molecule has 3 N–H and O–H groups in total. The zero-order valence-corrected chi connectivity index (χ0v) is 19.5. The van der Waals surface area contributed by atoms with E-state index in [1.807, 2.05) is 12.1 Å². The van der Waals surface area contributed by atoms with E-state index >= 15 is 0 Å². The Balaban J connectivity index is 1.38. The fraction of sp³-hybridized carbons (Fsp3) is 0.280. The molecular weight excluding hydrogens is 463 g/mol. The van der Waals surface area contributed by atoms with Gasteiger partial charge in [0.25, 0.3) is 0 Å². The van der Waals surface area contributed by atoms with E-state index in [0.29, 0.717) is 53.5 Å². The van der Waals surface area contributed by atoms with Gasteiger partial charge in [-0.1, -0.05) is 0 Å². The zero-order valence-electron chi connectivity index (χ0n) is 19.5. The quantitative estimate of drug-likeness (QED) is 0.352. The largest absolute Gasteiger partial charge is 0.422 e. The van der Waals surface area contributed by atoms with Gasteiger partial charge in [-0.25, -0.2) is 4.39 Å². The number of halogens is 1. The predicted molar refractivity (Wildman–Crippen MR) is 134 cm³/mol. The average Bonchev–Trinajstić information content (AvgIpc) is 3.49. The molecule has 182 valence electrons. The molecule has 0 radical (unpaired) electrons. The van der Waals surface area contributed by atoms with Gasteiger partial charge in [0.05, 0.1) is 52.6 Å². The van der Waals surface area contributed by atoms with Crippen LogP contribution in [0.4, 0.5) is 15.9 Å². The maximum absolute atomic E-state index is 14.6. The van der Waals surface area contributed by atoms with Gasteiger partial charge in [-0.2, -0.15) is 9.97 Å². The number of hydrogen-bond donors (Lipinski definition) is 3. The molecule has 0 spiro atoms. The fourth-order valence-electron chi connectivity index (χ4n) is 5.16. The number of hydrogen-bond acceptors (Lipinski definition) is 9. The first-order valence-electron chi connectivity index (χ1n) is 11.9. The van der Waals surface area contributed by atoms with Crippen molar-refractivity contribution in [3.8, 4) is 11.8 Å². The first kappa shape index (κ1) is 21.2. The molecule has 1 unspecified atom stereocenters. The van der Waals surface area contributed by atoms with Crippen molar-refractivity contribution in [1.82, 2.24) is 30.2 Å². The Morgan fingerprint density at radius 3 is 3.00 bits per heavy atom. The first-order valence-corrected chi connectivity index (χ1v) is 11.9. The third kappa shape index (κ3) is 3.47. The Kier molecular flexibility index (Phi) is 4.86. The van der Waals surface area contributed by atoms with E-state index in [-0.39, 0.29) is 24.0 Å². The Morgan fingerprint density at radius 2 is 2.11 bits per heavy atom. The number of rotatable bonds is 4. The minimum Gasteiger partial charge on any atom is -0.422 e. The van der Waals surface area contributed by atoms with E-state index in [4.69, 9.17) is 14.5 Å². The van der Waals surface area contributed by atoms with Crippen molar-refractivity contribution in [2.24, 2.45) is 0 Å². The standard InChI is InChI=1S/C25H23FN8O2/c1-27-18-8-13(26)7-15-21-23(31-22(15)18)32-25(36-14-9-17-16(30-10-14)3-2-4-28-17)33-24(21)34-11-19-20(12-34)35-6-5-29-19/h2-4,7-10,19-20,27,29H,5-6,11-12H2,1H3,(H,31,32,33)/t19-,20?/m0/s1. The molecule has 10 nitrogen and oxygen atoms in total. The van der Waals surface area contributed by atoms with Gasteiger partial charge in [-0.05, 0) is 24.3 Å². The molecule has 6 heterocycles. The summed E-state index contributed by atoms with van der Waals surface area (Å²) >= 11 is 0. The highest BCUT2D eigenvalue weighted by atomic mass is 19.1. The molecule has 0 bridgehead atoms. The number of anilines is 2. The number of H-pyrrole nitrogens is 1.